The van der Waals surface area contributed by atoms with Gasteiger partial charge in [0.2, 0.25) is 0 Å². The van der Waals surface area contributed by atoms with Crippen molar-refractivity contribution in [2.45, 2.75) is 0 Å². The second kappa shape index (κ2) is 11.7. The molecular formula is C48H32BNO2Si. The standard InChI is InChI=1S/C48H32BNO2Si/c1-4-17-33(18-5-1)53(34-19-6-2-7-20-34,35-21-8-3-9-22-35)45-30-16-27-40-46(45)36-23-10-13-26-39(36)50(40)41-31-32-44-47-48(41)52-43-29-15-12-25-38(43)49(47)37-24-11-14-28-42(37)51-44/h1-32H. The van der Waals surface area contributed by atoms with Crippen molar-refractivity contribution in [1.29, 1.82) is 0 Å². The normalized spacial score (nSPS) is 12.8. The van der Waals surface area contributed by atoms with Crippen LogP contribution in [0.5, 0.6) is 23.0 Å². The first kappa shape index (κ1) is 30.1. The Morgan fingerprint density at radius 1 is 0.415 bits per heavy atom. The third-order valence-electron chi connectivity index (χ3n) is 11.3. The molecule has 0 radical (unpaired) electrons. The van der Waals surface area contributed by atoms with Gasteiger partial charge in [-0.1, -0.05) is 158 Å². The summed E-state index contributed by atoms with van der Waals surface area (Å²) in [5.41, 5.74) is 6.67. The zero-order valence-corrected chi connectivity index (χ0v) is 29.8. The maximum Gasteiger partial charge on any atom is 0.260 e. The lowest BCUT2D eigenvalue weighted by atomic mass is 9.35. The molecule has 1 aromatic heterocycles. The minimum Gasteiger partial charge on any atom is -0.458 e. The van der Waals surface area contributed by atoms with Crippen molar-refractivity contribution < 1.29 is 9.47 Å². The van der Waals surface area contributed by atoms with Crippen LogP contribution in [0.25, 0.3) is 27.5 Å². The first-order chi connectivity index (χ1) is 26.3. The fourth-order valence-electron chi connectivity index (χ4n) is 9.17. The number of hydrogen-bond donors (Lipinski definition) is 0. The summed E-state index contributed by atoms with van der Waals surface area (Å²) in [7, 11) is -2.87. The summed E-state index contributed by atoms with van der Waals surface area (Å²) >= 11 is 0. The Morgan fingerprint density at radius 2 is 0.943 bits per heavy atom. The molecule has 0 atom stereocenters. The van der Waals surface area contributed by atoms with Crippen molar-refractivity contribution in [3.8, 4) is 28.7 Å². The average Bonchev–Trinajstić information content (AvgIpc) is 3.57. The van der Waals surface area contributed by atoms with Gasteiger partial charge in [-0.2, -0.15) is 0 Å². The minimum atomic E-state index is -2.87. The van der Waals surface area contributed by atoms with E-state index in [1.54, 1.807) is 0 Å². The van der Waals surface area contributed by atoms with Crippen LogP contribution in [0.15, 0.2) is 194 Å². The lowest BCUT2D eigenvalue weighted by molar-refractivity contribution is 0.463. The molecule has 0 fully saturated rings. The Bertz CT molecular complexity index is 2750. The number of rotatable bonds is 5. The van der Waals surface area contributed by atoms with Gasteiger partial charge < -0.3 is 14.0 Å². The number of benzene rings is 8. The molecule has 2 aliphatic rings. The van der Waals surface area contributed by atoms with Gasteiger partial charge in [0, 0.05) is 16.2 Å². The molecule has 3 nitrogen and oxygen atoms in total. The van der Waals surface area contributed by atoms with Crippen molar-refractivity contribution in [1.82, 2.24) is 4.57 Å². The average molecular weight is 694 g/mol. The van der Waals surface area contributed by atoms with E-state index < -0.39 is 8.07 Å². The predicted octanol–water partition coefficient (Wildman–Crippen LogP) is 6.89. The molecule has 0 spiro atoms. The molecule has 53 heavy (non-hydrogen) atoms. The van der Waals surface area contributed by atoms with E-state index in [1.165, 1.54) is 31.5 Å². The van der Waals surface area contributed by atoms with Crippen LogP contribution in [-0.2, 0) is 0 Å². The van der Waals surface area contributed by atoms with E-state index in [0.717, 1.165) is 56.1 Å². The minimum absolute atomic E-state index is 0.00667. The second-order valence-electron chi connectivity index (χ2n) is 13.9. The first-order valence-corrected chi connectivity index (χ1v) is 20.2. The quantitative estimate of drug-likeness (QED) is 0.145. The zero-order valence-electron chi connectivity index (χ0n) is 28.8. The van der Waals surface area contributed by atoms with E-state index in [1.807, 2.05) is 6.07 Å². The summed E-state index contributed by atoms with van der Waals surface area (Å²) in [6.45, 7) is -0.00667. The van der Waals surface area contributed by atoms with Crippen molar-refractivity contribution in [3.63, 3.8) is 0 Å². The Morgan fingerprint density at radius 3 is 1.58 bits per heavy atom. The molecule has 5 heteroatoms. The highest BCUT2D eigenvalue weighted by atomic mass is 28.3. The van der Waals surface area contributed by atoms with Crippen LogP contribution in [0, 0.1) is 0 Å². The summed E-state index contributed by atoms with van der Waals surface area (Å²) < 4.78 is 16.0. The van der Waals surface area contributed by atoms with Crippen LogP contribution in [0.4, 0.5) is 0 Å². The molecular weight excluding hydrogens is 661 g/mol. The summed E-state index contributed by atoms with van der Waals surface area (Å²) in [6, 6.07) is 70.5. The molecule has 0 unspecified atom stereocenters. The van der Waals surface area contributed by atoms with Gasteiger partial charge in [0.25, 0.3) is 6.71 Å². The third-order valence-corrected chi connectivity index (χ3v) is 16.1. The van der Waals surface area contributed by atoms with Crippen molar-refractivity contribution in [2.75, 3.05) is 0 Å². The Labute approximate surface area is 309 Å². The summed E-state index contributed by atoms with van der Waals surface area (Å²) in [4.78, 5) is 0. The zero-order chi connectivity index (χ0) is 34.9. The summed E-state index contributed by atoms with van der Waals surface area (Å²) in [6.07, 6.45) is 0. The Balaban J connectivity index is 1.25. The lowest BCUT2D eigenvalue weighted by Gasteiger charge is -2.35. The van der Waals surface area contributed by atoms with Gasteiger partial charge in [0.1, 0.15) is 23.0 Å². The van der Waals surface area contributed by atoms with Crippen molar-refractivity contribution in [3.05, 3.63) is 194 Å². The van der Waals surface area contributed by atoms with Crippen LogP contribution in [0.1, 0.15) is 0 Å². The van der Waals surface area contributed by atoms with Crippen LogP contribution in [-0.4, -0.2) is 19.4 Å². The van der Waals surface area contributed by atoms with E-state index in [9.17, 15) is 0 Å². The van der Waals surface area contributed by atoms with Crippen molar-refractivity contribution >= 4 is 73.7 Å². The van der Waals surface area contributed by atoms with Gasteiger partial charge in [-0.15, -0.1) is 0 Å². The van der Waals surface area contributed by atoms with E-state index in [2.05, 4.69) is 193 Å². The van der Waals surface area contributed by atoms with Gasteiger partial charge in [0.15, 0.2) is 8.07 Å². The van der Waals surface area contributed by atoms with Crippen LogP contribution in [0.2, 0.25) is 0 Å². The molecule has 0 aliphatic carbocycles. The summed E-state index contributed by atoms with van der Waals surface area (Å²) in [5, 5.41) is 7.90. The molecule has 0 amide bonds. The summed E-state index contributed by atoms with van der Waals surface area (Å²) in [5.74, 6) is 3.45. The molecule has 2 aliphatic heterocycles. The van der Waals surface area contributed by atoms with Crippen LogP contribution < -0.4 is 46.6 Å². The molecule has 3 heterocycles. The highest BCUT2D eigenvalue weighted by molar-refractivity contribution is 7.20. The number of fused-ring (bicyclic) bond motifs is 7. The van der Waals surface area contributed by atoms with Gasteiger partial charge in [-0.25, -0.2) is 0 Å². The number of nitrogens with zero attached hydrogens (tertiary/aromatic N) is 1. The number of hydrogen-bond acceptors (Lipinski definition) is 2. The van der Waals surface area contributed by atoms with Crippen molar-refractivity contribution in [2.24, 2.45) is 0 Å². The molecule has 0 N–H and O–H groups in total. The molecule has 248 valence electrons. The molecule has 11 rings (SSSR count). The topological polar surface area (TPSA) is 23.4 Å². The smallest absolute Gasteiger partial charge is 0.260 e. The van der Waals surface area contributed by atoms with Gasteiger partial charge in [-0.05, 0) is 68.1 Å². The molecule has 0 bridgehead atoms. The Hall–Kier alpha value is -6.56. The number of para-hydroxylation sites is 3. The fourth-order valence-corrected chi connectivity index (χ4v) is 14.2. The number of aromatic nitrogens is 1. The van der Waals surface area contributed by atoms with Crippen LogP contribution in [0.3, 0.4) is 0 Å². The molecule has 0 saturated heterocycles. The van der Waals surface area contributed by atoms with E-state index in [4.69, 9.17) is 9.47 Å². The maximum atomic E-state index is 7.01. The largest absolute Gasteiger partial charge is 0.458 e. The highest BCUT2D eigenvalue weighted by Gasteiger charge is 2.44. The molecule has 0 saturated carbocycles. The van der Waals surface area contributed by atoms with E-state index in [-0.39, 0.29) is 6.71 Å². The molecule has 8 aromatic carbocycles. The van der Waals surface area contributed by atoms with E-state index in [0.29, 0.717) is 0 Å². The van der Waals surface area contributed by atoms with E-state index >= 15 is 0 Å². The monoisotopic (exact) mass is 693 g/mol. The fraction of sp³-hybridized carbons (Fsp3) is 0. The maximum absolute atomic E-state index is 7.01. The second-order valence-corrected chi connectivity index (χ2v) is 17.7. The third kappa shape index (κ3) is 4.29. The highest BCUT2D eigenvalue weighted by Crippen LogP contribution is 2.41. The van der Waals surface area contributed by atoms with Gasteiger partial charge in [0.05, 0.1) is 16.7 Å². The van der Waals surface area contributed by atoms with Crippen LogP contribution >= 0.6 is 0 Å². The number of ether oxygens (including phenoxy) is 2. The Kier molecular flexibility index (Phi) is 6.67. The molecule has 9 aromatic rings. The predicted molar refractivity (Wildman–Crippen MR) is 222 cm³/mol. The SMILES string of the molecule is c1ccc([Si](c2ccccc2)(c2ccccc2)c2cccc3c2c2ccccc2n3-c2ccc3c4c2Oc2ccccc2B4c2ccccc2O3)cc1. The van der Waals surface area contributed by atoms with Gasteiger partial charge in [-0.3, -0.25) is 0 Å². The lowest BCUT2D eigenvalue weighted by Crippen LogP contribution is -2.74. The van der Waals surface area contributed by atoms with Gasteiger partial charge >= 0.3 is 0 Å². The first-order valence-electron chi connectivity index (χ1n) is 18.2.